The standard InChI is InChI=1S/C22H25N3O3/c1-25(16-22(26)23-19-12-6-7-13-21(19)27-2)14-8-11-18-15-20(24-28-18)17-9-4-3-5-10-17/h3-7,9-10,12-13,15H,8,11,14,16H2,1-2H3,(H,23,26). The minimum absolute atomic E-state index is 0.0713. The number of carbonyl (C=O) groups is 1. The maximum absolute atomic E-state index is 12.2. The van der Waals surface area contributed by atoms with Gasteiger partial charge in [-0.2, -0.15) is 0 Å². The monoisotopic (exact) mass is 379 g/mol. The molecule has 3 aromatic rings. The number of hydrogen-bond donors (Lipinski definition) is 1. The minimum atomic E-state index is -0.0713. The summed E-state index contributed by atoms with van der Waals surface area (Å²) in [4.78, 5) is 14.2. The van der Waals surface area contributed by atoms with Crippen LogP contribution in [-0.4, -0.2) is 43.2 Å². The van der Waals surface area contributed by atoms with E-state index in [4.69, 9.17) is 9.26 Å². The Morgan fingerprint density at radius 2 is 1.89 bits per heavy atom. The maximum Gasteiger partial charge on any atom is 0.238 e. The number of anilines is 1. The van der Waals surface area contributed by atoms with Crippen molar-refractivity contribution in [1.82, 2.24) is 10.1 Å². The molecule has 1 N–H and O–H groups in total. The minimum Gasteiger partial charge on any atom is -0.495 e. The largest absolute Gasteiger partial charge is 0.495 e. The van der Waals surface area contributed by atoms with E-state index in [1.807, 2.05) is 72.6 Å². The van der Waals surface area contributed by atoms with E-state index in [0.29, 0.717) is 18.0 Å². The molecule has 146 valence electrons. The first-order chi connectivity index (χ1) is 13.7. The Labute approximate surface area is 165 Å². The second kappa shape index (κ2) is 9.71. The van der Waals surface area contributed by atoms with E-state index >= 15 is 0 Å². The Morgan fingerprint density at radius 1 is 1.14 bits per heavy atom. The molecule has 6 nitrogen and oxygen atoms in total. The molecule has 0 saturated heterocycles. The van der Waals surface area contributed by atoms with Crippen LogP contribution in [0.3, 0.4) is 0 Å². The van der Waals surface area contributed by atoms with Crippen molar-refractivity contribution in [3.8, 4) is 17.0 Å². The van der Waals surface area contributed by atoms with E-state index in [1.54, 1.807) is 7.11 Å². The lowest BCUT2D eigenvalue weighted by Gasteiger charge is -2.16. The third-order valence-electron chi connectivity index (χ3n) is 4.39. The Balaban J connectivity index is 1.43. The molecule has 0 aliphatic rings. The van der Waals surface area contributed by atoms with E-state index in [-0.39, 0.29) is 5.91 Å². The van der Waals surface area contributed by atoms with Crippen molar-refractivity contribution < 1.29 is 14.1 Å². The van der Waals surface area contributed by atoms with Crippen molar-refractivity contribution in [2.45, 2.75) is 12.8 Å². The summed E-state index contributed by atoms with van der Waals surface area (Å²) in [6.07, 6.45) is 1.65. The van der Waals surface area contributed by atoms with Crippen molar-refractivity contribution in [2.24, 2.45) is 0 Å². The van der Waals surface area contributed by atoms with Gasteiger partial charge in [-0.1, -0.05) is 47.6 Å². The van der Waals surface area contributed by atoms with Gasteiger partial charge in [0.1, 0.15) is 17.2 Å². The predicted molar refractivity (Wildman–Crippen MR) is 109 cm³/mol. The zero-order chi connectivity index (χ0) is 19.8. The molecule has 28 heavy (non-hydrogen) atoms. The summed E-state index contributed by atoms with van der Waals surface area (Å²) in [7, 11) is 3.52. The van der Waals surface area contributed by atoms with Gasteiger partial charge >= 0.3 is 0 Å². The normalized spacial score (nSPS) is 10.8. The number of aromatic nitrogens is 1. The van der Waals surface area contributed by atoms with Crippen LogP contribution in [0.1, 0.15) is 12.2 Å². The van der Waals surface area contributed by atoms with Crippen LogP contribution in [0.4, 0.5) is 5.69 Å². The smallest absolute Gasteiger partial charge is 0.238 e. The van der Waals surface area contributed by atoms with Crippen LogP contribution < -0.4 is 10.1 Å². The number of carbonyl (C=O) groups excluding carboxylic acids is 1. The molecule has 0 aliphatic heterocycles. The van der Waals surface area contributed by atoms with Crippen LogP contribution in [0.15, 0.2) is 65.2 Å². The van der Waals surface area contributed by atoms with Crippen LogP contribution in [0.25, 0.3) is 11.3 Å². The zero-order valence-electron chi connectivity index (χ0n) is 16.2. The Hall–Kier alpha value is -3.12. The summed E-state index contributed by atoms with van der Waals surface area (Å²) in [5.74, 6) is 1.43. The lowest BCUT2D eigenvalue weighted by atomic mass is 10.1. The van der Waals surface area contributed by atoms with Gasteiger partial charge in [0.25, 0.3) is 0 Å². The quantitative estimate of drug-likeness (QED) is 0.612. The molecule has 6 heteroatoms. The molecule has 1 aromatic heterocycles. The second-order valence-corrected chi connectivity index (χ2v) is 6.63. The fourth-order valence-electron chi connectivity index (χ4n) is 2.96. The topological polar surface area (TPSA) is 67.6 Å². The average Bonchev–Trinajstić information content (AvgIpc) is 3.18. The maximum atomic E-state index is 12.2. The summed E-state index contributed by atoms with van der Waals surface area (Å²) >= 11 is 0. The zero-order valence-corrected chi connectivity index (χ0v) is 16.2. The number of benzene rings is 2. The van der Waals surface area contributed by atoms with E-state index < -0.39 is 0 Å². The molecule has 0 unspecified atom stereocenters. The van der Waals surface area contributed by atoms with Crippen LogP contribution in [0.5, 0.6) is 5.75 Å². The van der Waals surface area contributed by atoms with E-state index in [9.17, 15) is 4.79 Å². The number of hydrogen-bond acceptors (Lipinski definition) is 5. The number of methoxy groups -OCH3 is 1. The summed E-state index contributed by atoms with van der Waals surface area (Å²) in [6.45, 7) is 1.09. The highest BCUT2D eigenvalue weighted by Crippen LogP contribution is 2.23. The Morgan fingerprint density at radius 3 is 2.68 bits per heavy atom. The number of rotatable bonds is 9. The molecule has 0 bridgehead atoms. The summed E-state index contributed by atoms with van der Waals surface area (Å²) < 4.78 is 10.7. The van der Waals surface area contributed by atoms with Crippen LogP contribution in [-0.2, 0) is 11.2 Å². The summed E-state index contributed by atoms with van der Waals surface area (Å²) in [6, 6.07) is 19.3. The number of likely N-dealkylation sites (N-methyl/N-ethyl adjacent to an activating group) is 1. The number of aryl methyl sites for hydroxylation is 1. The van der Waals surface area contributed by atoms with Crippen LogP contribution in [0.2, 0.25) is 0 Å². The van der Waals surface area contributed by atoms with Crippen molar-refractivity contribution in [3.05, 3.63) is 66.4 Å². The van der Waals surface area contributed by atoms with Gasteiger partial charge in [-0.25, -0.2) is 0 Å². The molecule has 0 saturated carbocycles. The fraction of sp³-hybridized carbons (Fsp3) is 0.273. The van der Waals surface area contributed by atoms with E-state index in [0.717, 1.165) is 36.4 Å². The number of nitrogens with zero attached hydrogens (tertiary/aromatic N) is 2. The molecule has 2 aromatic carbocycles. The van der Waals surface area contributed by atoms with E-state index in [2.05, 4.69) is 10.5 Å². The highest BCUT2D eigenvalue weighted by atomic mass is 16.5. The molecule has 1 heterocycles. The molecule has 0 radical (unpaired) electrons. The average molecular weight is 379 g/mol. The third kappa shape index (κ3) is 5.44. The van der Waals surface area contributed by atoms with Gasteiger partial charge in [0.15, 0.2) is 0 Å². The van der Waals surface area contributed by atoms with Gasteiger partial charge in [-0.05, 0) is 32.1 Å². The summed E-state index contributed by atoms with van der Waals surface area (Å²) in [5, 5.41) is 7.02. The molecule has 0 spiro atoms. The van der Waals surface area contributed by atoms with Gasteiger partial charge in [-0.15, -0.1) is 0 Å². The van der Waals surface area contributed by atoms with Crippen LogP contribution >= 0.6 is 0 Å². The van der Waals surface area contributed by atoms with Crippen molar-refractivity contribution in [3.63, 3.8) is 0 Å². The molecule has 3 rings (SSSR count). The van der Waals surface area contributed by atoms with Crippen molar-refractivity contribution >= 4 is 11.6 Å². The van der Waals surface area contributed by atoms with Gasteiger partial charge in [0.2, 0.25) is 5.91 Å². The number of ether oxygens (including phenoxy) is 1. The SMILES string of the molecule is COc1ccccc1NC(=O)CN(C)CCCc1cc(-c2ccccc2)no1. The fourth-order valence-corrected chi connectivity index (χ4v) is 2.96. The molecule has 0 atom stereocenters. The van der Waals surface area contributed by atoms with Gasteiger partial charge in [0, 0.05) is 18.1 Å². The number of amides is 1. The molecule has 1 amide bonds. The van der Waals surface area contributed by atoms with Crippen molar-refractivity contribution in [1.29, 1.82) is 0 Å². The lowest BCUT2D eigenvalue weighted by molar-refractivity contribution is -0.117. The van der Waals surface area contributed by atoms with Gasteiger partial charge in [-0.3, -0.25) is 9.69 Å². The lowest BCUT2D eigenvalue weighted by Crippen LogP contribution is -2.31. The first-order valence-electron chi connectivity index (χ1n) is 9.28. The Bertz CT molecular complexity index is 893. The predicted octanol–water partition coefficient (Wildman–Crippen LogP) is 3.85. The van der Waals surface area contributed by atoms with Crippen LogP contribution in [0, 0.1) is 0 Å². The molecular formula is C22H25N3O3. The van der Waals surface area contributed by atoms with Crippen molar-refractivity contribution in [2.75, 3.05) is 32.6 Å². The highest BCUT2D eigenvalue weighted by molar-refractivity contribution is 5.93. The third-order valence-corrected chi connectivity index (χ3v) is 4.39. The summed E-state index contributed by atoms with van der Waals surface area (Å²) in [5.41, 5.74) is 2.57. The number of para-hydroxylation sites is 2. The molecule has 0 fully saturated rings. The first-order valence-corrected chi connectivity index (χ1v) is 9.28. The molecule has 0 aliphatic carbocycles. The van der Waals surface area contributed by atoms with E-state index in [1.165, 1.54) is 0 Å². The van der Waals surface area contributed by atoms with Gasteiger partial charge < -0.3 is 14.6 Å². The van der Waals surface area contributed by atoms with Gasteiger partial charge in [0.05, 0.1) is 19.3 Å². The second-order valence-electron chi connectivity index (χ2n) is 6.63. The Kier molecular flexibility index (Phi) is 6.81. The number of nitrogens with one attached hydrogen (secondary N) is 1. The molecular weight excluding hydrogens is 354 g/mol. The highest BCUT2D eigenvalue weighted by Gasteiger charge is 2.11. The first kappa shape index (κ1) is 19.6.